The Hall–Kier alpha value is -1.95. The number of anilines is 1. The quantitative estimate of drug-likeness (QED) is 0.712. The second-order valence-electron chi connectivity index (χ2n) is 4.92. The fourth-order valence-corrected chi connectivity index (χ4v) is 3.60. The summed E-state index contributed by atoms with van der Waals surface area (Å²) >= 11 is 7.08. The third-order valence-electron chi connectivity index (χ3n) is 3.36. The van der Waals surface area contributed by atoms with Gasteiger partial charge in [0.2, 0.25) is 0 Å². The van der Waals surface area contributed by atoms with Gasteiger partial charge in [0.25, 0.3) is 5.91 Å². The Labute approximate surface area is 141 Å². The topological polar surface area (TPSA) is 38.3 Å². The van der Waals surface area contributed by atoms with Crippen LogP contribution in [0.2, 0.25) is 5.02 Å². The Morgan fingerprint density at radius 1 is 1.26 bits per heavy atom. The number of ether oxygens (including phenoxy) is 1. The van der Waals surface area contributed by atoms with Crippen molar-refractivity contribution in [2.45, 2.75) is 6.61 Å². The first-order valence-corrected chi connectivity index (χ1v) is 8.05. The van der Waals surface area contributed by atoms with E-state index in [2.05, 4.69) is 5.32 Å². The van der Waals surface area contributed by atoms with E-state index < -0.39 is 0 Å². The van der Waals surface area contributed by atoms with Gasteiger partial charge in [0, 0.05) is 33.5 Å². The van der Waals surface area contributed by atoms with Gasteiger partial charge >= 0.3 is 0 Å². The summed E-state index contributed by atoms with van der Waals surface area (Å²) in [7, 11) is 1.52. The number of hydrogen-bond acceptors (Lipinski definition) is 3. The van der Waals surface area contributed by atoms with E-state index in [0.29, 0.717) is 26.5 Å². The lowest BCUT2D eigenvalue weighted by Gasteiger charge is -2.06. The van der Waals surface area contributed by atoms with Gasteiger partial charge in [-0.25, -0.2) is 4.39 Å². The number of halogens is 2. The van der Waals surface area contributed by atoms with Gasteiger partial charge in [0.1, 0.15) is 5.82 Å². The van der Waals surface area contributed by atoms with Gasteiger partial charge in [-0.3, -0.25) is 4.79 Å². The summed E-state index contributed by atoms with van der Waals surface area (Å²) in [6.45, 7) is 0.171. The summed E-state index contributed by atoms with van der Waals surface area (Å²) in [5.74, 6) is -0.642. The van der Waals surface area contributed by atoms with Gasteiger partial charge in [-0.2, -0.15) is 0 Å². The minimum Gasteiger partial charge on any atom is -0.380 e. The van der Waals surface area contributed by atoms with E-state index in [1.54, 1.807) is 36.4 Å². The standard InChI is InChI=1S/C17H13ClFNO2S/c1-22-9-12-15-13(19)3-2-4-14(15)23-16(12)17(21)20-11-7-5-10(18)6-8-11/h2-8H,9H2,1H3,(H,20,21). The average molecular weight is 350 g/mol. The Kier molecular flexibility index (Phi) is 4.61. The highest BCUT2D eigenvalue weighted by atomic mass is 35.5. The van der Waals surface area contributed by atoms with E-state index in [9.17, 15) is 9.18 Å². The molecule has 0 saturated heterocycles. The predicted octanol–water partition coefficient (Wildman–Crippen LogP) is 5.09. The van der Waals surface area contributed by atoms with E-state index in [1.165, 1.54) is 24.5 Å². The van der Waals surface area contributed by atoms with Crippen LogP contribution in [0.1, 0.15) is 15.2 Å². The number of benzene rings is 2. The SMILES string of the molecule is COCc1c(C(=O)Nc2ccc(Cl)cc2)sc2cccc(F)c12. The van der Waals surface area contributed by atoms with Crippen LogP contribution in [0.3, 0.4) is 0 Å². The maximum Gasteiger partial charge on any atom is 0.266 e. The maximum atomic E-state index is 14.1. The van der Waals surface area contributed by atoms with Crippen LogP contribution >= 0.6 is 22.9 Å². The molecule has 0 atom stereocenters. The molecule has 0 spiro atoms. The smallest absolute Gasteiger partial charge is 0.266 e. The third-order valence-corrected chi connectivity index (χ3v) is 4.81. The van der Waals surface area contributed by atoms with Crippen LogP contribution in [0.5, 0.6) is 0 Å². The van der Waals surface area contributed by atoms with Gasteiger partial charge in [0.15, 0.2) is 0 Å². The molecule has 0 aliphatic rings. The molecule has 23 heavy (non-hydrogen) atoms. The molecule has 0 saturated carbocycles. The second kappa shape index (κ2) is 6.66. The molecule has 0 bridgehead atoms. The fourth-order valence-electron chi connectivity index (χ4n) is 2.35. The number of carbonyl (C=O) groups excluding carboxylic acids is 1. The van der Waals surface area contributed by atoms with Crippen molar-refractivity contribution in [2.75, 3.05) is 12.4 Å². The number of fused-ring (bicyclic) bond motifs is 1. The zero-order valence-corrected chi connectivity index (χ0v) is 13.8. The van der Waals surface area contributed by atoms with Crippen LogP contribution in [0.25, 0.3) is 10.1 Å². The first-order chi connectivity index (χ1) is 11.1. The third kappa shape index (κ3) is 3.22. The summed E-state index contributed by atoms with van der Waals surface area (Å²) in [4.78, 5) is 13.0. The zero-order valence-electron chi connectivity index (χ0n) is 12.2. The first-order valence-electron chi connectivity index (χ1n) is 6.86. The van der Waals surface area contributed by atoms with Crippen LogP contribution in [-0.4, -0.2) is 13.0 Å². The van der Waals surface area contributed by atoms with Gasteiger partial charge in [-0.1, -0.05) is 17.7 Å². The van der Waals surface area contributed by atoms with Crippen LogP contribution in [0.15, 0.2) is 42.5 Å². The highest BCUT2D eigenvalue weighted by Gasteiger charge is 2.20. The molecule has 1 aromatic heterocycles. The molecule has 2 aromatic carbocycles. The van der Waals surface area contributed by atoms with Gasteiger partial charge < -0.3 is 10.1 Å². The van der Waals surface area contributed by atoms with Gasteiger partial charge in [0.05, 0.1) is 11.5 Å². The molecule has 6 heteroatoms. The van der Waals surface area contributed by atoms with Crippen molar-refractivity contribution < 1.29 is 13.9 Å². The summed E-state index contributed by atoms with van der Waals surface area (Å²) in [6.07, 6.45) is 0. The van der Waals surface area contributed by atoms with E-state index in [1.807, 2.05) is 0 Å². The lowest BCUT2D eigenvalue weighted by Crippen LogP contribution is -2.12. The molecule has 1 amide bonds. The van der Waals surface area contributed by atoms with Crippen molar-refractivity contribution in [3.63, 3.8) is 0 Å². The molecule has 3 rings (SSSR count). The van der Waals surface area contributed by atoms with Crippen molar-refractivity contribution in [3.8, 4) is 0 Å². The van der Waals surface area contributed by atoms with Crippen LogP contribution in [0.4, 0.5) is 10.1 Å². The molecule has 3 aromatic rings. The zero-order chi connectivity index (χ0) is 16.4. The number of amides is 1. The highest BCUT2D eigenvalue weighted by molar-refractivity contribution is 7.21. The molecule has 3 nitrogen and oxygen atoms in total. The van der Waals surface area contributed by atoms with Crippen LogP contribution < -0.4 is 5.32 Å². The molecular formula is C17H13ClFNO2S. The largest absolute Gasteiger partial charge is 0.380 e. The average Bonchev–Trinajstić information content (AvgIpc) is 2.90. The molecule has 0 radical (unpaired) electrons. The van der Waals surface area contributed by atoms with E-state index in [-0.39, 0.29) is 18.3 Å². The summed E-state index contributed by atoms with van der Waals surface area (Å²) in [6, 6.07) is 11.6. The Morgan fingerprint density at radius 2 is 2.00 bits per heavy atom. The van der Waals surface area contributed by atoms with Crippen molar-refractivity contribution >= 4 is 44.6 Å². The van der Waals surface area contributed by atoms with Crippen LogP contribution in [0, 0.1) is 5.82 Å². The van der Waals surface area contributed by atoms with E-state index >= 15 is 0 Å². The monoisotopic (exact) mass is 349 g/mol. The minimum atomic E-state index is -0.351. The summed E-state index contributed by atoms with van der Waals surface area (Å²) in [5, 5.41) is 3.83. The second-order valence-corrected chi connectivity index (χ2v) is 6.41. The first kappa shape index (κ1) is 15.9. The summed E-state index contributed by atoms with van der Waals surface area (Å²) in [5.41, 5.74) is 1.19. The van der Waals surface area contributed by atoms with Crippen molar-refractivity contribution in [2.24, 2.45) is 0 Å². The number of hydrogen-bond donors (Lipinski definition) is 1. The lowest BCUT2D eigenvalue weighted by molar-refractivity contribution is 0.102. The number of carbonyl (C=O) groups is 1. The molecule has 1 heterocycles. The predicted molar refractivity (Wildman–Crippen MR) is 91.9 cm³/mol. The Morgan fingerprint density at radius 3 is 2.70 bits per heavy atom. The van der Waals surface area contributed by atoms with Crippen LogP contribution in [-0.2, 0) is 11.3 Å². The normalized spacial score (nSPS) is 10.9. The lowest BCUT2D eigenvalue weighted by atomic mass is 10.1. The van der Waals surface area contributed by atoms with Crippen molar-refractivity contribution in [1.82, 2.24) is 0 Å². The molecular weight excluding hydrogens is 337 g/mol. The van der Waals surface area contributed by atoms with E-state index in [4.69, 9.17) is 16.3 Å². The fraction of sp³-hybridized carbons (Fsp3) is 0.118. The number of nitrogens with one attached hydrogen (secondary N) is 1. The molecule has 1 N–H and O–H groups in total. The van der Waals surface area contributed by atoms with Crippen molar-refractivity contribution in [1.29, 1.82) is 0 Å². The summed E-state index contributed by atoms with van der Waals surface area (Å²) < 4.78 is 20.0. The number of rotatable bonds is 4. The van der Waals surface area contributed by atoms with Gasteiger partial charge in [-0.15, -0.1) is 11.3 Å². The molecule has 0 aliphatic heterocycles. The minimum absolute atomic E-state index is 0.171. The number of thiophene rings is 1. The van der Waals surface area contributed by atoms with Gasteiger partial charge in [-0.05, 0) is 36.4 Å². The Bertz CT molecular complexity index is 861. The Balaban J connectivity index is 2.01. The molecule has 0 aliphatic carbocycles. The highest BCUT2D eigenvalue weighted by Crippen LogP contribution is 2.34. The molecule has 0 unspecified atom stereocenters. The number of methoxy groups -OCH3 is 1. The molecule has 118 valence electrons. The maximum absolute atomic E-state index is 14.1. The van der Waals surface area contributed by atoms with E-state index in [0.717, 1.165) is 4.70 Å². The molecule has 0 fully saturated rings. The van der Waals surface area contributed by atoms with Crippen molar-refractivity contribution in [3.05, 3.63) is 63.7 Å².